The fourth-order valence-corrected chi connectivity index (χ4v) is 3.55. The quantitative estimate of drug-likeness (QED) is 0.642. The normalized spacial score (nSPS) is 16.8. The van der Waals surface area contributed by atoms with Crippen LogP contribution in [0.2, 0.25) is 0 Å². The molecule has 25 heavy (non-hydrogen) atoms. The number of nitrogens with one attached hydrogen (secondary N) is 1. The van der Waals surface area contributed by atoms with Crippen LogP contribution in [0.1, 0.15) is 57.6 Å². The number of benzene rings is 1. The van der Waals surface area contributed by atoms with E-state index in [9.17, 15) is 10.1 Å². The van der Waals surface area contributed by atoms with Crippen LogP contribution in [-0.4, -0.2) is 16.5 Å². The van der Waals surface area contributed by atoms with E-state index in [1.807, 2.05) is 18.2 Å². The Labute approximate surface area is 149 Å². The molecule has 1 aliphatic carbocycles. The lowest BCUT2D eigenvalue weighted by molar-refractivity contribution is -0.117. The van der Waals surface area contributed by atoms with Gasteiger partial charge in [-0.2, -0.15) is 5.26 Å². The number of carbonyl (C=O) groups is 1. The van der Waals surface area contributed by atoms with Gasteiger partial charge >= 0.3 is 0 Å². The second kappa shape index (κ2) is 7.57. The highest BCUT2D eigenvalue weighted by molar-refractivity contribution is 6.04. The van der Waals surface area contributed by atoms with Crippen molar-refractivity contribution in [1.82, 2.24) is 9.88 Å². The number of rotatable bonds is 5. The van der Waals surface area contributed by atoms with Gasteiger partial charge in [0.2, 0.25) is 0 Å². The van der Waals surface area contributed by atoms with Crippen LogP contribution in [0.4, 0.5) is 0 Å². The summed E-state index contributed by atoms with van der Waals surface area (Å²) in [5.41, 5.74) is 2.24. The van der Waals surface area contributed by atoms with Crippen molar-refractivity contribution in [1.29, 1.82) is 5.26 Å². The predicted molar refractivity (Wildman–Crippen MR) is 101 cm³/mol. The first kappa shape index (κ1) is 17.3. The van der Waals surface area contributed by atoms with Crippen LogP contribution >= 0.6 is 0 Å². The number of fused-ring (bicyclic) bond motifs is 1. The second-order valence-electron chi connectivity index (χ2n) is 6.89. The van der Waals surface area contributed by atoms with Gasteiger partial charge < -0.3 is 9.88 Å². The summed E-state index contributed by atoms with van der Waals surface area (Å²) < 4.78 is 2.23. The molecule has 4 nitrogen and oxygen atoms in total. The Balaban J connectivity index is 1.95. The van der Waals surface area contributed by atoms with Crippen molar-refractivity contribution in [2.45, 2.75) is 58.0 Å². The van der Waals surface area contributed by atoms with Crippen molar-refractivity contribution < 1.29 is 4.79 Å². The standard InChI is InChI=1S/C21H25N3O/c1-3-15(2)24-14-17(19-10-6-7-11-20(19)24)12-16(13-22)21(25)23-18-8-4-5-9-18/h6-7,10-12,14-15,18H,3-5,8-9H2,1-2H3,(H,23,25)/b16-12-/t15-/m0/s1. The third-order valence-electron chi connectivity index (χ3n) is 5.19. The molecule has 4 heteroatoms. The van der Waals surface area contributed by atoms with Gasteiger partial charge in [0.05, 0.1) is 0 Å². The molecule has 0 saturated heterocycles. The maximum atomic E-state index is 12.5. The number of aromatic nitrogens is 1. The van der Waals surface area contributed by atoms with E-state index in [1.54, 1.807) is 6.08 Å². The molecular formula is C21H25N3O. The molecule has 1 fully saturated rings. The molecule has 3 rings (SSSR count). The Morgan fingerprint density at radius 1 is 1.40 bits per heavy atom. The SMILES string of the molecule is CC[C@H](C)n1cc(/C=C(/C#N)C(=O)NC2CCCC2)c2ccccc21. The van der Waals surface area contributed by atoms with Crippen LogP contribution in [0.15, 0.2) is 36.0 Å². The number of nitriles is 1. The lowest BCUT2D eigenvalue weighted by atomic mass is 10.1. The highest BCUT2D eigenvalue weighted by atomic mass is 16.1. The molecule has 0 bridgehead atoms. The van der Waals surface area contributed by atoms with Crippen molar-refractivity contribution in [3.8, 4) is 6.07 Å². The van der Waals surface area contributed by atoms with Crippen molar-refractivity contribution >= 4 is 22.9 Å². The summed E-state index contributed by atoms with van der Waals surface area (Å²) in [6.07, 6.45) is 9.13. The number of amides is 1. The van der Waals surface area contributed by atoms with Crippen LogP contribution in [0.5, 0.6) is 0 Å². The van der Waals surface area contributed by atoms with Gasteiger partial charge in [0.25, 0.3) is 5.91 Å². The van der Waals surface area contributed by atoms with Crippen molar-refractivity contribution in [2.24, 2.45) is 0 Å². The topological polar surface area (TPSA) is 57.8 Å². The molecule has 130 valence electrons. The summed E-state index contributed by atoms with van der Waals surface area (Å²) in [5.74, 6) is -0.255. The van der Waals surface area contributed by atoms with E-state index in [2.05, 4.69) is 42.1 Å². The fourth-order valence-electron chi connectivity index (χ4n) is 3.55. The maximum absolute atomic E-state index is 12.5. The number of para-hydroxylation sites is 1. The molecule has 0 aliphatic heterocycles. The van der Waals surface area contributed by atoms with Gasteiger partial charge in [-0.3, -0.25) is 4.79 Å². The fraction of sp³-hybridized carbons (Fsp3) is 0.429. The zero-order valence-corrected chi connectivity index (χ0v) is 15.0. The molecule has 1 aliphatic rings. The summed E-state index contributed by atoms with van der Waals surface area (Å²) >= 11 is 0. The van der Waals surface area contributed by atoms with E-state index in [0.717, 1.165) is 48.6 Å². The van der Waals surface area contributed by atoms with E-state index in [4.69, 9.17) is 0 Å². The summed E-state index contributed by atoms with van der Waals surface area (Å²) in [5, 5.41) is 13.6. The minimum atomic E-state index is -0.255. The molecule has 1 saturated carbocycles. The molecule has 1 amide bonds. The molecule has 0 unspecified atom stereocenters. The second-order valence-corrected chi connectivity index (χ2v) is 6.89. The van der Waals surface area contributed by atoms with Crippen molar-refractivity contribution in [3.05, 3.63) is 41.6 Å². The van der Waals surface area contributed by atoms with Crippen LogP contribution in [0.25, 0.3) is 17.0 Å². The van der Waals surface area contributed by atoms with Crippen LogP contribution in [-0.2, 0) is 4.79 Å². The largest absolute Gasteiger partial charge is 0.349 e. The minimum absolute atomic E-state index is 0.180. The molecular weight excluding hydrogens is 310 g/mol. The van der Waals surface area contributed by atoms with Crippen LogP contribution in [0, 0.1) is 11.3 Å². The van der Waals surface area contributed by atoms with Crippen molar-refractivity contribution in [3.63, 3.8) is 0 Å². The highest BCUT2D eigenvalue weighted by Crippen LogP contribution is 2.27. The lowest BCUT2D eigenvalue weighted by Crippen LogP contribution is -2.33. The Morgan fingerprint density at radius 2 is 2.12 bits per heavy atom. The summed E-state index contributed by atoms with van der Waals surface area (Å²) in [4.78, 5) is 12.5. The number of carbonyl (C=O) groups excluding carboxylic acids is 1. The average molecular weight is 335 g/mol. The van der Waals surface area contributed by atoms with Crippen molar-refractivity contribution in [2.75, 3.05) is 0 Å². The monoisotopic (exact) mass is 335 g/mol. The first-order valence-electron chi connectivity index (χ1n) is 9.16. The number of nitrogens with zero attached hydrogens (tertiary/aromatic N) is 2. The van der Waals surface area contributed by atoms with E-state index < -0.39 is 0 Å². The zero-order chi connectivity index (χ0) is 17.8. The van der Waals surface area contributed by atoms with E-state index in [-0.39, 0.29) is 17.5 Å². The van der Waals surface area contributed by atoms with Gasteiger partial charge in [-0.15, -0.1) is 0 Å². The molecule has 0 radical (unpaired) electrons. The average Bonchev–Trinajstić information content (AvgIpc) is 3.27. The van der Waals surface area contributed by atoms with E-state index in [1.165, 1.54) is 0 Å². The van der Waals surface area contributed by atoms with Gasteiger partial charge in [0.15, 0.2) is 0 Å². The Kier molecular flexibility index (Phi) is 5.23. The number of hydrogen-bond acceptors (Lipinski definition) is 2. The van der Waals surface area contributed by atoms with Gasteiger partial charge in [-0.25, -0.2) is 0 Å². The zero-order valence-electron chi connectivity index (χ0n) is 15.0. The Morgan fingerprint density at radius 3 is 2.80 bits per heavy atom. The maximum Gasteiger partial charge on any atom is 0.262 e. The van der Waals surface area contributed by atoms with Crippen LogP contribution < -0.4 is 5.32 Å². The summed E-state index contributed by atoms with van der Waals surface area (Å²) in [6.45, 7) is 4.34. The molecule has 1 aromatic heterocycles. The van der Waals surface area contributed by atoms with Gasteiger partial charge in [-0.05, 0) is 38.3 Å². The lowest BCUT2D eigenvalue weighted by Gasteiger charge is -2.12. The summed E-state index contributed by atoms with van der Waals surface area (Å²) in [7, 11) is 0. The molecule has 0 spiro atoms. The first-order chi connectivity index (χ1) is 12.1. The van der Waals surface area contributed by atoms with Gasteiger partial charge in [-0.1, -0.05) is 38.0 Å². The van der Waals surface area contributed by atoms with E-state index >= 15 is 0 Å². The molecule has 1 heterocycles. The highest BCUT2D eigenvalue weighted by Gasteiger charge is 2.20. The van der Waals surface area contributed by atoms with Gasteiger partial charge in [0.1, 0.15) is 11.6 Å². The predicted octanol–water partition coefficient (Wildman–Crippen LogP) is 4.58. The number of hydrogen-bond donors (Lipinski definition) is 1. The van der Waals surface area contributed by atoms with E-state index in [0.29, 0.717) is 6.04 Å². The third-order valence-corrected chi connectivity index (χ3v) is 5.19. The Bertz CT molecular complexity index is 834. The molecule has 1 N–H and O–H groups in total. The van der Waals surface area contributed by atoms with Gasteiger partial charge in [0, 0.05) is 34.7 Å². The van der Waals surface area contributed by atoms with Crippen LogP contribution in [0.3, 0.4) is 0 Å². The Hall–Kier alpha value is -2.54. The first-order valence-corrected chi connectivity index (χ1v) is 9.16. The third kappa shape index (κ3) is 3.61. The molecule has 1 aromatic carbocycles. The minimum Gasteiger partial charge on any atom is -0.349 e. The summed E-state index contributed by atoms with van der Waals surface area (Å²) in [6, 6.07) is 10.8. The molecule has 1 atom stereocenters. The molecule has 2 aromatic rings. The smallest absolute Gasteiger partial charge is 0.262 e.